The van der Waals surface area contributed by atoms with Crippen molar-refractivity contribution in [3.63, 3.8) is 0 Å². The molecule has 0 spiro atoms. The highest BCUT2D eigenvalue weighted by molar-refractivity contribution is 5.82. The summed E-state index contributed by atoms with van der Waals surface area (Å²) in [5.74, 6) is 0.643. The molecule has 5 heteroatoms. The first kappa shape index (κ1) is 12.6. The molecule has 0 atom stereocenters. The van der Waals surface area contributed by atoms with E-state index in [0.29, 0.717) is 5.82 Å². The summed E-state index contributed by atoms with van der Waals surface area (Å²) in [7, 11) is 1.67. The van der Waals surface area contributed by atoms with Gasteiger partial charge in [-0.3, -0.25) is 0 Å². The molecule has 0 radical (unpaired) electrons. The van der Waals surface area contributed by atoms with Crippen molar-refractivity contribution < 1.29 is 4.92 Å². The van der Waals surface area contributed by atoms with Gasteiger partial charge in [0.15, 0.2) is 0 Å². The van der Waals surface area contributed by atoms with E-state index in [2.05, 4.69) is 17.1 Å². The van der Waals surface area contributed by atoms with Gasteiger partial charge in [0.1, 0.15) is 6.20 Å². The number of nitrogens with zero attached hydrogens (tertiary/aromatic N) is 3. The number of aryl methyl sites for hydroxylation is 1. The van der Waals surface area contributed by atoms with Crippen LogP contribution in [0.1, 0.15) is 29.8 Å². The molecule has 1 heterocycles. The van der Waals surface area contributed by atoms with Crippen LogP contribution in [0.5, 0.6) is 0 Å². The second kappa shape index (κ2) is 4.92. The van der Waals surface area contributed by atoms with Crippen LogP contribution in [0, 0.1) is 10.1 Å². The molecule has 3 rings (SSSR count). The molecule has 0 fully saturated rings. The van der Waals surface area contributed by atoms with Gasteiger partial charge in [0.25, 0.3) is 0 Å². The summed E-state index contributed by atoms with van der Waals surface area (Å²) in [6, 6.07) is 8.33. The van der Waals surface area contributed by atoms with Gasteiger partial charge in [0.2, 0.25) is 5.82 Å². The molecule has 0 N–H and O–H groups in total. The van der Waals surface area contributed by atoms with Gasteiger partial charge in [-0.05, 0) is 40.9 Å². The van der Waals surface area contributed by atoms with Crippen molar-refractivity contribution in [2.45, 2.75) is 19.3 Å². The second-order valence-corrected chi connectivity index (χ2v) is 4.97. The number of imidazole rings is 1. The molecule has 0 unspecified atom stereocenters. The minimum absolute atomic E-state index is 0.0148. The Balaban J connectivity index is 2.04. The lowest BCUT2D eigenvalue weighted by Gasteiger charge is -2.18. The van der Waals surface area contributed by atoms with Gasteiger partial charge in [0.05, 0.1) is 7.05 Å². The number of allylic oxidation sites excluding steroid dienone is 1. The average Bonchev–Trinajstić information content (AvgIpc) is 2.81. The largest absolute Gasteiger partial charge is 0.358 e. The van der Waals surface area contributed by atoms with Crippen molar-refractivity contribution in [2.75, 3.05) is 0 Å². The number of aromatic nitrogens is 2. The Hall–Kier alpha value is -2.43. The molecular weight excluding hydrogens is 254 g/mol. The van der Waals surface area contributed by atoms with Crippen LogP contribution in [-0.4, -0.2) is 14.5 Å². The van der Waals surface area contributed by atoms with Crippen molar-refractivity contribution in [1.29, 1.82) is 0 Å². The van der Waals surface area contributed by atoms with Gasteiger partial charge < -0.3 is 10.1 Å². The second-order valence-electron chi connectivity index (χ2n) is 4.97. The highest BCUT2D eigenvalue weighted by Crippen LogP contribution is 2.32. The van der Waals surface area contributed by atoms with Crippen molar-refractivity contribution in [3.05, 3.63) is 57.5 Å². The van der Waals surface area contributed by atoms with Gasteiger partial charge in [-0.1, -0.05) is 24.3 Å². The molecule has 1 aromatic heterocycles. The van der Waals surface area contributed by atoms with Gasteiger partial charge in [-0.2, -0.15) is 0 Å². The smallest absolute Gasteiger partial charge is 0.342 e. The van der Waals surface area contributed by atoms with Crippen LogP contribution in [0.3, 0.4) is 0 Å². The molecular formula is C15H15N3O2. The Bertz CT molecular complexity index is 701. The molecule has 1 aromatic carbocycles. The highest BCUT2D eigenvalue weighted by Gasteiger charge is 2.18. The van der Waals surface area contributed by atoms with E-state index in [0.717, 1.165) is 19.3 Å². The SMILES string of the molecule is Cn1c([N+](=O)[O-])cnc1/C=C1\CCCc2ccccc21. The number of fused-ring (bicyclic) bond motifs is 1. The fourth-order valence-electron chi connectivity index (χ4n) is 2.68. The predicted molar refractivity (Wildman–Crippen MR) is 77.1 cm³/mol. The third-order valence-electron chi connectivity index (χ3n) is 3.75. The zero-order chi connectivity index (χ0) is 14.1. The maximum absolute atomic E-state index is 10.8. The summed E-state index contributed by atoms with van der Waals surface area (Å²) in [6.45, 7) is 0. The van der Waals surface area contributed by atoms with E-state index >= 15 is 0 Å². The normalized spacial score (nSPS) is 16.1. The van der Waals surface area contributed by atoms with E-state index in [1.807, 2.05) is 18.2 Å². The summed E-state index contributed by atoms with van der Waals surface area (Å²) in [4.78, 5) is 14.6. The minimum Gasteiger partial charge on any atom is -0.358 e. The number of hydrogen-bond donors (Lipinski definition) is 0. The van der Waals surface area contributed by atoms with Crippen molar-refractivity contribution >= 4 is 17.5 Å². The lowest BCUT2D eigenvalue weighted by molar-refractivity contribution is -0.391. The Morgan fingerprint density at radius 2 is 2.15 bits per heavy atom. The Morgan fingerprint density at radius 3 is 2.90 bits per heavy atom. The number of hydrogen-bond acceptors (Lipinski definition) is 3. The summed E-state index contributed by atoms with van der Waals surface area (Å²) in [5, 5.41) is 10.8. The number of nitro groups is 1. The topological polar surface area (TPSA) is 61.0 Å². The zero-order valence-electron chi connectivity index (χ0n) is 11.2. The molecule has 20 heavy (non-hydrogen) atoms. The van der Waals surface area contributed by atoms with Crippen LogP contribution in [0.4, 0.5) is 5.82 Å². The van der Waals surface area contributed by atoms with Crippen molar-refractivity contribution in [3.8, 4) is 0 Å². The molecule has 2 aromatic rings. The predicted octanol–water partition coefficient (Wildman–Crippen LogP) is 3.21. The third-order valence-corrected chi connectivity index (χ3v) is 3.75. The summed E-state index contributed by atoms with van der Waals surface area (Å²) >= 11 is 0. The van der Waals surface area contributed by atoms with Crippen LogP contribution in [-0.2, 0) is 13.5 Å². The quantitative estimate of drug-likeness (QED) is 0.621. The van der Waals surface area contributed by atoms with E-state index in [1.54, 1.807) is 7.05 Å². The fraction of sp³-hybridized carbons (Fsp3) is 0.267. The molecule has 0 aliphatic heterocycles. The molecule has 1 aliphatic rings. The third kappa shape index (κ3) is 2.11. The summed E-state index contributed by atoms with van der Waals surface area (Å²) in [5.41, 5.74) is 3.79. The average molecular weight is 269 g/mol. The van der Waals surface area contributed by atoms with Crippen molar-refractivity contribution in [1.82, 2.24) is 9.55 Å². The monoisotopic (exact) mass is 269 g/mol. The first-order chi connectivity index (χ1) is 9.66. The molecule has 0 saturated heterocycles. The van der Waals surface area contributed by atoms with E-state index in [1.165, 1.54) is 27.5 Å². The summed E-state index contributed by atoms with van der Waals surface area (Å²) in [6.07, 6.45) is 6.45. The van der Waals surface area contributed by atoms with Crippen molar-refractivity contribution in [2.24, 2.45) is 7.05 Å². The first-order valence-corrected chi connectivity index (χ1v) is 6.62. The fourth-order valence-corrected chi connectivity index (χ4v) is 2.68. The van der Waals surface area contributed by atoms with Gasteiger partial charge in [0, 0.05) is 6.08 Å². The lowest BCUT2D eigenvalue weighted by Crippen LogP contribution is -2.03. The standard InChI is InChI=1S/C15H15N3O2/c1-17-14(16-10-15(17)18(19)20)9-12-7-4-6-11-5-2-3-8-13(11)12/h2-3,5,8-10H,4,6-7H2,1H3/b12-9+. The number of rotatable bonds is 2. The van der Waals surface area contributed by atoms with Crippen LogP contribution < -0.4 is 0 Å². The Labute approximate surface area is 116 Å². The van der Waals surface area contributed by atoms with Gasteiger partial charge in [-0.15, -0.1) is 0 Å². The van der Waals surface area contributed by atoms with E-state index < -0.39 is 4.92 Å². The molecule has 102 valence electrons. The molecule has 0 bridgehead atoms. The maximum atomic E-state index is 10.8. The molecule has 0 saturated carbocycles. The van der Waals surface area contributed by atoms with Gasteiger partial charge >= 0.3 is 5.82 Å². The van der Waals surface area contributed by atoms with E-state index in [-0.39, 0.29) is 5.82 Å². The van der Waals surface area contributed by atoms with E-state index in [9.17, 15) is 10.1 Å². The van der Waals surface area contributed by atoms with E-state index in [4.69, 9.17) is 0 Å². The Morgan fingerprint density at radius 1 is 1.35 bits per heavy atom. The lowest BCUT2D eigenvalue weighted by atomic mass is 9.87. The van der Waals surface area contributed by atoms with Gasteiger partial charge in [-0.25, -0.2) is 9.55 Å². The zero-order valence-corrected chi connectivity index (χ0v) is 11.2. The molecule has 5 nitrogen and oxygen atoms in total. The highest BCUT2D eigenvalue weighted by atomic mass is 16.6. The maximum Gasteiger partial charge on any atom is 0.342 e. The minimum atomic E-state index is -0.413. The van der Waals surface area contributed by atoms with Crippen LogP contribution in [0.2, 0.25) is 0 Å². The molecule has 1 aliphatic carbocycles. The summed E-state index contributed by atoms with van der Waals surface area (Å²) < 4.78 is 1.52. The Kier molecular flexibility index (Phi) is 3.10. The first-order valence-electron chi connectivity index (χ1n) is 6.62. The number of benzene rings is 1. The molecule has 0 amide bonds. The van der Waals surface area contributed by atoms with Crippen LogP contribution in [0.25, 0.3) is 11.6 Å². The van der Waals surface area contributed by atoms with Crippen LogP contribution in [0.15, 0.2) is 30.5 Å². The van der Waals surface area contributed by atoms with Crippen LogP contribution >= 0.6 is 0 Å².